The van der Waals surface area contributed by atoms with Gasteiger partial charge in [-0.3, -0.25) is 4.79 Å². The predicted octanol–water partition coefficient (Wildman–Crippen LogP) is 2.59. The van der Waals surface area contributed by atoms with E-state index in [1.54, 1.807) is 6.92 Å². The van der Waals surface area contributed by atoms with E-state index in [2.05, 4.69) is 5.32 Å². The molecule has 20 heavy (non-hydrogen) atoms. The molecule has 0 spiro atoms. The van der Waals surface area contributed by atoms with E-state index in [0.717, 1.165) is 6.07 Å². The Labute approximate surface area is 113 Å². The van der Waals surface area contributed by atoms with E-state index in [4.69, 9.17) is 5.11 Å². The number of amides is 1. The van der Waals surface area contributed by atoms with Crippen LogP contribution in [0.4, 0.5) is 17.6 Å². The maximum Gasteiger partial charge on any atom is 0.419 e. The van der Waals surface area contributed by atoms with Crippen molar-refractivity contribution in [3.8, 4) is 0 Å². The Morgan fingerprint density at radius 1 is 1.40 bits per heavy atom. The van der Waals surface area contributed by atoms with E-state index >= 15 is 0 Å². The van der Waals surface area contributed by atoms with Crippen molar-refractivity contribution >= 4 is 5.91 Å². The van der Waals surface area contributed by atoms with Gasteiger partial charge in [-0.1, -0.05) is 6.92 Å². The lowest BCUT2D eigenvalue weighted by Gasteiger charge is -2.13. The summed E-state index contributed by atoms with van der Waals surface area (Å²) in [4.78, 5) is 11.7. The van der Waals surface area contributed by atoms with Gasteiger partial charge in [0, 0.05) is 18.7 Å². The molecular formula is C13H15F4NO2. The van der Waals surface area contributed by atoms with Gasteiger partial charge in [-0.15, -0.1) is 0 Å². The molecule has 1 aromatic carbocycles. The smallest absolute Gasteiger partial charge is 0.396 e. The lowest BCUT2D eigenvalue weighted by Crippen LogP contribution is -2.29. The third-order valence-corrected chi connectivity index (χ3v) is 2.77. The van der Waals surface area contributed by atoms with E-state index in [1.165, 1.54) is 0 Å². The number of alkyl halides is 3. The third kappa shape index (κ3) is 4.48. The molecule has 0 aliphatic heterocycles. The number of halogens is 4. The third-order valence-electron chi connectivity index (χ3n) is 2.77. The molecule has 112 valence electrons. The predicted molar refractivity (Wildman–Crippen MR) is 64.6 cm³/mol. The Morgan fingerprint density at radius 3 is 2.60 bits per heavy atom. The zero-order valence-corrected chi connectivity index (χ0v) is 10.8. The number of carbonyl (C=O) groups excluding carboxylic acids is 1. The quantitative estimate of drug-likeness (QED) is 0.820. The van der Waals surface area contributed by atoms with Crippen LogP contribution in [0, 0.1) is 11.7 Å². The molecule has 1 amide bonds. The van der Waals surface area contributed by atoms with Crippen LogP contribution in [0.1, 0.15) is 29.3 Å². The average molecular weight is 293 g/mol. The van der Waals surface area contributed by atoms with Crippen LogP contribution >= 0.6 is 0 Å². The van der Waals surface area contributed by atoms with Crippen LogP contribution in [0.2, 0.25) is 0 Å². The Hall–Kier alpha value is -1.63. The topological polar surface area (TPSA) is 49.3 Å². The van der Waals surface area contributed by atoms with Gasteiger partial charge in [0.2, 0.25) is 0 Å². The highest BCUT2D eigenvalue weighted by Gasteiger charge is 2.34. The molecule has 1 atom stereocenters. The fourth-order valence-corrected chi connectivity index (χ4v) is 1.58. The van der Waals surface area contributed by atoms with E-state index in [1.807, 2.05) is 0 Å². The second-order valence-electron chi connectivity index (χ2n) is 4.52. The summed E-state index contributed by atoms with van der Waals surface area (Å²) in [6, 6.07) is 2.10. The number of benzene rings is 1. The minimum Gasteiger partial charge on any atom is -0.396 e. The lowest BCUT2D eigenvalue weighted by molar-refractivity contribution is -0.140. The van der Waals surface area contributed by atoms with Gasteiger partial charge in [0.25, 0.3) is 5.91 Å². The van der Waals surface area contributed by atoms with Crippen LogP contribution < -0.4 is 5.32 Å². The van der Waals surface area contributed by atoms with Crippen molar-refractivity contribution in [3.63, 3.8) is 0 Å². The van der Waals surface area contributed by atoms with Gasteiger partial charge in [0.05, 0.1) is 5.56 Å². The van der Waals surface area contributed by atoms with Crippen LogP contribution in [-0.4, -0.2) is 24.2 Å². The van der Waals surface area contributed by atoms with Gasteiger partial charge in [-0.25, -0.2) is 4.39 Å². The van der Waals surface area contributed by atoms with Crippen LogP contribution in [0.3, 0.4) is 0 Å². The second-order valence-corrected chi connectivity index (χ2v) is 4.52. The van der Waals surface area contributed by atoms with Crippen LogP contribution in [0.25, 0.3) is 0 Å². The highest BCUT2D eigenvalue weighted by Crippen LogP contribution is 2.31. The van der Waals surface area contributed by atoms with Gasteiger partial charge < -0.3 is 10.4 Å². The van der Waals surface area contributed by atoms with Gasteiger partial charge in [-0.2, -0.15) is 13.2 Å². The average Bonchev–Trinajstić information content (AvgIpc) is 2.35. The molecule has 0 saturated carbocycles. The molecule has 1 unspecified atom stereocenters. The number of hydrogen-bond donors (Lipinski definition) is 2. The first-order valence-corrected chi connectivity index (χ1v) is 6.01. The molecule has 0 bridgehead atoms. The zero-order valence-electron chi connectivity index (χ0n) is 10.8. The summed E-state index contributed by atoms with van der Waals surface area (Å²) in [6.07, 6.45) is -4.37. The summed E-state index contributed by atoms with van der Waals surface area (Å²) in [5, 5.41) is 11.1. The van der Waals surface area contributed by atoms with Crippen molar-refractivity contribution in [1.82, 2.24) is 5.32 Å². The molecule has 0 heterocycles. The van der Waals surface area contributed by atoms with Gasteiger partial charge >= 0.3 is 6.18 Å². The van der Waals surface area contributed by atoms with Gasteiger partial charge in [0.1, 0.15) is 5.82 Å². The van der Waals surface area contributed by atoms with Crippen molar-refractivity contribution in [2.45, 2.75) is 19.5 Å². The highest BCUT2D eigenvalue weighted by atomic mass is 19.4. The van der Waals surface area contributed by atoms with E-state index in [0.29, 0.717) is 18.6 Å². The summed E-state index contributed by atoms with van der Waals surface area (Å²) in [6.45, 7) is 1.96. The number of aliphatic hydroxyl groups is 1. The Bertz CT molecular complexity index is 474. The van der Waals surface area contributed by atoms with E-state index in [-0.39, 0.29) is 24.6 Å². The maximum absolute atomic E-state index is 13.1. The molecule has 0 aliphatic carbocycles. The standard InChI is InChI=1S/C13H15F4NO2/c1-8(4-5-19)7-18-12(20)9-2-3-11(14)10(6-9)13(15,16)17/h2-3,6,8,19H,4-5,7H2,1H3,(H,18,20). The summed E-state index contributed by atoms with van der Waals surface area (Å²) in [7, 11) is 0. The highest BCUT2D eigenvalue weighted by molar-refractivity contribution is 5.94. The van der Waals surface area contributed by atoms with Crippen molar-refractivity contribution in [2.75, 3.05) is 13.2 Å². The minimum atomic E-state index is -4.84. The zero-order chi connectivity index (χ0) is 15.3. The lowest BCUT2D eigenvalue weighted by atomic mass is 10.1. The summed E-state index contributed by atoms with van der Waals surface area (Å²) in [5.41, 5.74) is -1.72. The molecular weight excluding hydrogens is 278 g/mol. The first kappa shape index (κ1) is 16.4. The van der Waals surface area contributed by atoms with E-state index in [9.17, 15) is 22.4 Å². The van der Waals surface area contributed by atoms with Crippen molar-refractivity contribution in [3.05, 3.63) is 35.1 Å². The number of nitrogens with one attached hydrogen (secondary N) is 1. The van der Waals surface area contributed by atoms with Crippen LogP contribution in [0.15, 0.2) is 18.2 Å². The van der Waals surface area contributed by atoms with Crippen LogP contribution in [-0.2, 0) is 6.18 Å². The summed E-state index contributed by atoms with van der Waals surface area (Å²) in [5.74, 6) is -2.13. The molecule has 7 heteroatoms. The molecule has 1 aromatic rings. The largest absolute Gasteiger partial charge is 0.419 e. The maximum atomic E-state index is 13.1. The first-order valence-electron chi connectivity index (χ1n) is 6.01. The SMILES string of the molecule is CC(CCO)CNC(=O)c1ccc(F)c(C(F)(F)F)c1. The molecule has 3 nitrogen and oxygen atoms in total. The van der Waals surface area contributed by atoms with E-state index < -0.39 is 23.5 Å². The van der Waals surface area contributed by atoms with Crippen molar-refractivity contribution in [2.24, 2.45) is 5.92 Å². The van der Waals surface area contributed by atoms with Gasteiger partial charge in [0.15, 0.2) is 0 Å². The first-order chi connectivity index (χ1) is 9.25. The monoisotopic (exact) mass is 293 g/mol. The second kappa shape index (κ2) is 6.69. The normalized spacial score (nSPS) is 13.1. The molecule has 0 saturated heterocycles. The molecule has 0 radical (unpaired) electrons. The van der Waals surface area contributed by atoms with Gasteiger partial charge in [-0.05, 0) is 30.5 Å². The van der Waals surface area contributed by atoms with Crippen molar-refractivity contribution in [1.29, 1.82) is 0 Å². The van der Waals surface area contributed by atoms with Crippen LogP contribution in [0.5, 0.6) is 0 Å². The Morgan fingerprint density at radius 2 is 2.05 bits per heavy atom. The number of rotatable bonds is 5. The van der Waals surface area contributed by atoms with Crippen molar-refractivity contribution < 1.29 is 27.5 Å². The number of aliphatic hydroxyl groups excluding tert-OH is 1. The molecule has 0 aromatic heterocycles. The molecule has 0 aliphatic rings. The fraction of sp³-hybridized carbons (Fsp3) is 0.462. The minimum absolute atomic E-state index is 0.00788. The fourth-order valence-electron chi connectivity index (χ4n) is 1.58. The summed E-state index contributed by atoms with van der Waals surface area (Å²) >= 11 is 0. The Balaban J connectivity index is 2.79. The summed E-state index contributed by atoms with van der Waals surface area (Å²) < 4.78 is 50.6. The molecule has 1 rings (SSSR count). The Kier molecular flexibility index (Phi) is 5.50. The number of carbonyl (C=O) groups is 1. The number of hydrogen-bond acceptors (Lipinski definition) is 2. The molecule has 0 fully saturated rings. The molecule has 2 N–H and O–H groups in total.